The summed E-state index contributed by atoms with van der Waals surface area (Å²) in [5.41, 5.74) is 1.77. The summed E-state index contributed by atoms with van der Waals surface area (Å²) < 4.78 is 5.75. The molecule has 1 atom stereocenters. The van der Waals surface area contributed by atoms with Crippen molar-refractivity contribution in [3.8, 4) is 5.75 Å². The Bertz CT molecular complexity index is 442. The number of hydrogen-bond donors (Lipinski definition) is 0. The zero-order valence-corrected chi connectivity index (χ0v) is 9.40. The lowest BCUT2D eigenvalue weighted by Gasteiger charge is -2.20. The third-order valence-electron chi connectivity index (χ3n) is 3.52. The van der Waals surface area contributed by atoms with Gasteiger partial charge in [0.15, 0.2) is 0 Å². The van der Waals surface area contributed by atoms with E-state index in [0.717, 1.165) is 36.3 Å². The second kappa shape index (κ2) is 3.51. The molecule has 1 fully saturated rings. The van der Waals surface area contributed by atoms with E-state index in [0.29, 0.717) is 6.61 Å². The van der Waals surface area contributed by atoms with Crippen molar-refractivity contribution in [2.75, 3.05) is 13.2 Å². The molecule has 2 aliphatic heterocycles. The number of carbonyl (C=O) groups is 1. The number of carbonyl (C=O) groups excluding carboxylic acids is 1. The van der Waals surface area contributed by atoms with Crippen molar-refractivity contribution in [1.82, 2.24) is 4.90 Å². The van der Waals surface area contributed by atoms with Crippen molar-refractivity contribution in [3.05, 3.63) is 29.3 Å². The van der Waals surface area contributed by atoms with E-state index in [1.165, 1.54) is 0 Å². The van der Waals surface area contributed by atoms with E-state index >= 15 is 0 Å². The molecule has 16 heavy (non-hydrogen) atoms. The van der Waals surface area contributed by atoms with Crippen molar-refractivity contribution in [1.29, 1.82) is 0 Å². The Morgan fingerprint density at radius 1 is 1.44 bits per heavy atom. The number of benzene rings is 1. The Kier molecular flexibility index (Phi) is 2.13. The van der Waals surface area contributed by atoms with Gasteiger partial charge in [-0.05, 0) is 31.4 Å². The standard InChI is InChI=1S/C13H15NO2/c1-9-4-2-6-11-12(9)13(15)14-7-3-5-10(14)8-16-11/h2,4,6,10H,3,5,7-8H2,1H3. The normalized spacial score (nSPS) is 23.4. The number of ether oxygens (including phenoxy) is 1. The smallest absolute Gasteiger partial charge is 0.258 e. The first kappa shape index (κ1) is 9.70. The summed E-state index contributed by atoms with van der Waals surface area (Å²) in [6.45, 7) is 3.49. The molecule has 2 heterocycles. The van der Waals surface area contributed by atoms with Crippen LogP contribution in [-0.4, -0.2) is 30.0 Å². The minimum absolute atomic E-state index is 0.146. The predicted molar refractivity (Wildman–Crippen MR) is 60.7 cm³/mol. The zero-order chi connectivity index (χ0) is 11.1. The van der Waals surface area contributed by atoms with Gasteiger partial charge in [-0.3, -0.25) is 4.79 Å². The number of rotatable bonds is 0. The van der Waals surface area contributed by atoms with E-state index < -0.39 is 0 Å². The lowest BCUT2D eigenvalue weighted by molar-refractivity contribution is 0.0726. The molecule has 1 aromatic rings. The van der Waals surface area contributed by atoms with Gasteiger partial charge < -0.3 is 9.64 Å². The summed E-state index contributed by atoms with van der Waals surface area (Å²) in [5, 5.41) is 0. The van der Waals surface area contributed by atoms with Crippen LogP contribution in [0.2, 0.25) is 0 Å². The summed E-state index contributed by atoms with van der Waals surface area (Å²) in [7, 11) is 0. The number of amides is 1. The number of aryl methyl sites for hydroxylation is 1. The van der Waals surface area contributed by atoms with E-state index in [9.17, 15) is 4.79 Å². The van der Waals surface area contributed by atoms with Crippen LogP contribution in [0.25, 0.3) is 0 Å². The average molecular weight is 217 g/mol. The van der Waals surface area contributed by atoms with Gasteiger partial charge in [-0.15, -0.1) is 0 Å². The minimum atomic E-state index is 0.146. The van der Waals surface area contributed by atoms with E-state index in [4.69, 9.17) is 4.74 Å². The van der Waals surface area contributed by atoms with E-state index in [1.54, 1.807) is 0 Å². The summed E-state index contributed by atoms with van der Waals surface area (Å²) in [4.78, 5) is 14.4. The van der Waals surface area contributed by atoms with Gasteiger partial charge in [0.1, 0.15) is 12.4 Å². The Balaban J connectivity index is 2.10. The second-order valence-electron chi connectivity index (χ2n) is 4.55. The van der Waals surface area contributed by atoms with E-state index in [2.05, 4.69) is 0 Å². The highest BCUT2D eigenvalue weighted by molar-refractivity contribution is 5.99. The fraction of sp³-hybridized carbons (Fsp3) is 0.462. The predicted octanol–water partition coefficient (Wildman–Crippen LogP) is 1.99. The van der Waals surface area contributed by atoms with Crippen LogP contribution in [0, 0.1) is 6.92 Å². The Labute approximate surface area is 95.0 Å². The van der Waals surface area contributed by atoms with Gasteiger partial charge in [-0.2, -0.15) is 0 Å². The monoisotopic (exact) mass is 217 g/mol. The number of nitrogens with zero attached hydrogens (tertiary/aromatic N) is 1. The molecule has 1 saturated heterocycles. The molecular weight excluding hydrogens is 202 g/mol. The first-order chi connectivity index (χ1) is 7.77. The van der Waals surface area contributed by atoms with Crippen LogP contribution >= 0.6 is 0 Å². The fourth-order valence-corrected chi connectivity index (χ4v) is 2.64. The Morgan fingerprint density at radius 2 is 2.31 bits per heavy atom. The molecule has 0 spiro atoms. The SMILES string of the molecule is Cc1cccc2c1C(=O)N1CCCC1CO2. The molecule has 3 heteroatoms. The molecule has 0 aliphatic carbocycles. The summed E-state index contributed by atoms with van der Waals surface area (Å²) in [5.74, 6) is 0.896. The van der Waals surface area contributed by atoms with Crippen LogP contribution in [0.5, 0.6) is 5.75 Å². The first-order valence-electron chi connectivity index (χ1n) is 5.81. The maximum Gasteiger partial charge on any atom is 0.258 e. The lowest BCUT2D eigenvalue weighted by atomic mass is 10.1. The molecule has 3 nitrogen and oxygen atoms in total. The molecule has 2 aliphatic rings. The third kappa shape index (κ3) is 1.31. The van der Waals surface area contributed by atoms with Gasteiger partial charge in [0.05, 0.1) is 11.6 Å². The van der Waals surface area contributed by atoms with Crippen molar-refractivity contribution in [3.63, 3.8) is 0 Å². The van der Waals surface area contributed by atoms with E-state index in [-0.39, 0.29) is 11.9 Å². The number of hydrogen-bond acceptors (Lipinski definition) is 2. The maximum absolute atomic E-state index is 12.4. The Morgan fingerprint density at radius 3 is 3.19 bits per heavy atom. The van der Waals surface area contributed by atoms with Gasteiger partial charge in [0, 0.05) is 6.54 Å². The summed E-state index contributed by atoms with van der Waals surface area (Å²) >= 11 is 0. The molecule has 84 valence electrons. The van der Waals surface area contributed by atoms with Crippen molar-refractivity contribution in [2.24, 2.45) is 0 Å². The van der Waals surface area contributed by atoms with Crippen LogP contribution in [0.1, 0.15) is 28.8 Å². The molecule has 0 aromatic heterocycles. The van der Waals surface area contributed by atoms with Gasteiger partial charge in [0.2, 0.25) is 0 Å². The van der Waals surface area contributed by atoms with Crippen molar-refractivity contribution in [2.45, 2.75) is 25.8 Å². The molecule has 1 aromatic carbocycles. The third-order valence-corrected chi connectivity index (χ3v) is 3.52. The van der Waals surface area contributed by atoms with Crippen LogP contribution in [-0.2, 0) is 0 Å². The van der Waals surface area contributed by atoms with Crippen LogP contribution in [0.15, 0.2) is 18.2 Å². The molecule has 1 amide bonds. The van der Waals surface area contributed by atoms with Crippen molar-refractivity contribution < 1.29 is 9.53 Å². The van der Waals surface area contributed by atoms with Gasteiger partial charge in [-0.1, -0.05) is 12.1 Å². The quantitative estimate of drug-likeness (QED) is 0.665. The molecule has 0 saturated carbocycles. The highest BCUT2D eigenvalue weighted by Crippen LogP contribution is 2.31. The first-order valence-corrected chi connectivity index (χ1v) is 5.81. The van der Waals surface area contributed by atoms with Gasteiger partial charge in [0.25, 0.3) is 5.91 Å². The molecule has 1 unspecified atom stereocenters. The fourth-order valence-electron chi connectivity index (χ4n) is 2.64. The molecule has 0 N–H and O–H groups in total. The highest BCUT2D eigenvalue weighted by Gasteiger charge is 2.34. The lowest BCUT2D eigenvalue weighted by Crippen LogP contribution is -2.36. The van der Waals surface area contributed by atoms with Crippen LogP contribution < -0.4 is 4.74 Å². The van der Waals surface area contributed by atoms with Crippen LogP contribution in [0.4, 0.5) is 0 Å². The number of fused-ring (bicyclic) bond motifs is 2. The van der Waals surface area contributed by atoms with Crippen molar-refractivity contribution >= 4 is 5.91 Å². The minimum Gasteiger partial charge on any atom is -0.491 e. The highest BCUT2D eigenvalue weighted by atomic mass is 16.5. The summed E-state index contributed by atoms with van der Waals surface area (Å²) in [6, 6.07) is 6.08. The topological polar surface area (TPSA) is 29.5 Å². The zero-order valence-electron chi connectivity index (χ0n) is 9.40. The molecule has 0 radical (unpaired) electrons. The molecule has 0 bridgehead atoms. The van der Waals surface area contributed by atoms with Gasteiger partial charge in [-0.25, -0.2) is 0 Å². The largest absolute Gasteiger partial charge is 0.491 e. The van der Waals surface area contributed by atoms with Gasteiger partial charge >= 0.3 is 0 Å². The second-order valence-corrected chi connectivity index (χ2v) is 4.55. The average Bonchev–Trinajstić information content (AvgIpc) is 2.69. The van der Waals surface area contributed by atoms with Crippen LogP contribution in [0.3, 0.4) is 0 Å². The van der Waals surface area contributed by atoms with E-state index in [1.807, 2.05) is 30.0 Å². The maximum atomic E-state index is 12.4. The summed E-state index contributed by atoms with van der Waals surface area (Å²) in [6.07, 6.45) is 2.17. The Hall–Kier alpha value is -1.51. The molecular formula is C13H15NO2. The molecule has 3 rings (SSSR count).